The number of nitrogens with one attached hydrogen (secondary N) is 2. The second kappa shape index (κ2) is 8.18. The van der Waals surface area contributed by atoms with Gasteiger partial charge in [-0.15, -0.1) is 18.2 Å². The Bertz CT molecular complexity index is 446. The summed E-state index contributed by atoms with van der Waals surface area (Å²) in [6.45, 7) is 8.75. The van der Waals surface area contributed by atoms with Gasteiger partial charge in [0.1, 0.15) is 0 Å². The Morgan fingerprint density at radius 1 is 1.47 bits per heavy atom. The van der Waals surface area contributed by atoms with Crippen molar-refractivity contribution in [1.82, 2.24) is 10.6 Å². The first kappa shape index (κ1) is 16.0. The van der Waals surface area contributed by atoms with E-state index in [1.807, 2.05) is 6.08 Å². The van der Waals surface area contributed by atoms with Gasteiger partial charge in [0.15, 0.2) is 5.11 Å². The number of aryl methyl sites for hydroxylation is 1. The maximum atomic E-state index is 5.64. The van der Waals surface area contributed by atoms with E-state index in [1.165, 1.54) is 16.7 Å². The summed E-state index contributed by atoms with van der Waals surface area (Å²) in [4.78, 5) is 0. The van der Waals surface area contributed by atoms with Gasteiger partial charge in [0.2, 0.25) is 0 Å². The van der Waals surface area contributed by atoms with Crippen LogP contribution < -0.4 is 10.6 Å². The van der Waals surface area contributed by atoms with Gasteiger partial charge in [0.25, 0.3) is 0 Å². The Labute approximate surface area is 126 Å². The maximum absolute atomic E-state index is 5.64. The van der Waals surface area contributed by atoms with Crippen molar-refractivity contribution >= 4 is 28.9 Å². The lowest BCUT2D eigenvalue weighted by atomic mass is 9.95. The SMILES string of the molecule is C=CCC(NC(=S)NCCCl)c1cccc(C)c1C. The Hall–Kier alpha value is -1.06. The third-order valence-electron chi connectivity index (χ3n) is 3.11. The second-order valence-corrected chi connectivity index (χ2v) is 5.24. The molecule has 1 aromatic carbocycles. The summed E-state index contributed by atoms with van der Waals surface area (Å²) in [7, 11) is 0. The van der Waals surface area contributed by atoms with Crippen LogP contribution in [-0.2, 0) is 0 Å². The van der Waals surface area contributed by atoms with E-state index >= 15 is 0 Å². The van der Waals surface area contributed by atoms with E-state index in [-0.39, 0.29) is 6.04 Å². The summed E-state index contributed by atoms with van der Waals surface area (Å²) >= 11 is 10.9. The molecule has 0 aliphatic carbocycles. The highest BCUT2D eigenvalue weighted by Gasteiger charge is 2.14. The van der Waals surface area contributed by atoms with E-state index in [0.29, 0.717) is 17.5 Å². The smallest absolute Gasteiger partial charge is 0.166 e. The Kier molecular flexibility index (Phi) is 6.89. The average molecular weight is 297 g/mol. The first-order chi connectivity index (χ1) is 9.10. The molecule has 0 amide bonds. The number of thiocarbonyl (C=S) groups is 1. The van der Waals surface area contributed by atoms with Gasteiger partial charge < -0.3 is 10.6 Å². The van der Waals surface area contributed by atoms with E-state index in [0.717, 1.165) is 6.42 Å². The molecule has 0 bridgehead atoms. The van der Waals surface area contributed by atoms with E-state index in [2.05, 4.69) is 49.3 Å². The first-order valence-corrected chi connectivity index (χ1v) is 7.31. The van der Waals surface area contributed by atoms with E-state index in [9.17, 15) is 0 Å². The van der Waals surface area contributed by atoms with Gasteiger partial charge in [0, 0.05) is 12.4 Å². The van der Waals surface area contributed by atoms with Crippen LogP contribution in [0.4, 0.5) is 0 Å². The summed E-state index contributed by atoms with van der Waals surface area (Å²) in [5, 5.41) is 7.04. The standard InChI is InChI=1S/C15H21ClN2S/c1-4-6-14(18-15(19)17-10-9-16)13-8-5-7-11(2)12(13)3/h4-5,7-8,14H,1,6,9-10H2,2-3H3,(H2,17,18,19). The highest BCUT2D eigenvalue weighted by Crippen LogP contribution is 2.23. The molecule has 1 rings (SSSR count). The molecule has 0 saturated heterocycles. The van der Waals surface area contributed by atoms with E-state index in [1.54, 1.807) is 0 Å². The molecule has 0 spiro atoms. The normalized spacial score (nSPS) is 11.7. The summed E-state index contributed by atoms with van der Waals surface area (Å²) in [6.07, 6.45) is 2.73. The molecule has 104 valence electrons. The number of hydrogen-bond donors (Lipinski definition) is 2. The summed E-state index contributed by atoms with van der Waals surface area (Å²) in [6, 6.07) is 6.47. The van der Waals surface area contributed by atoms with Gasteiger partial charge in [-0.2, -0.15) is 0 Å². The molecular weight excluding hydrogens is 276 g/mol. The molecule has 0 saturated carbocycles. The minimum Gasteiger partial charge on any atom is -0.362 e. The van der Waals surface area contributed by atoms with Crippen LogP contribution in [0.2, 0.25) is 0 Å². The number of halogens is 1. The third-order valence-corrected chi connectivity index (χ3v) is 3.56. The van der Waals surface area contributed by atoms with Crippen molar-refractivity contribution in [3.8, 4) is 0 Å². The minimum atomic E-state index is 0.146. The lowest BCUT2D eigenvalue weighted by Crippen LogP contribution is -2.38. The quantitative estimate of drug-likeness (QED) is 0.476. The minimum absolute atomic E-state index is 0.146. The molecular formula is C15H21ClN2S. The van der Waals surface area contributed by atoms with Crippen LogP contribution in [0.15, 0.2) is 30.9 Å². The molecule has 0 aliphatic heterocycles. The molecule has 19 heavy (non-hydrogen) atoms. The van der Waals surface area contributed by atoms with Crippen LogP contribution in [0.1, 0.15) is 29.2 Å². The van der Waals surface area contributed by atoms with Crippen LogP contribution in [-0.4, -0.2) is 17.5 Å². The van der Waals surface area contributed by atoms with E-state index < -0.39 is 0 Å². The zero-order valence-corrected chi connectivity index (χ0v) is 13.1. The molecule has 0 aliphatic rings. The fourth-order valence-electron chi connectivity index (χ4n) is 1.95. The molecule has 0 fully saturated rings. The lowest BCUT2D eigenvalue weighted by molar-refractivity contribution is 0.644. The lowest BCUT2D eigenvalue weighted by Gasteiger charge is -2.22. The number of alkyl halides is 1. The molecule has 1 atom stereocenters. The van der Waals surface area contributed by atoms with Gasteiger partial charge in [-0.25, -0.2) is 0 Å². The van der Waals surface area contributed by atoms with Crippen molar-refractivity contribution in [2.75, 3.05) is 12.4 Å². The van der Waals surface area contributed by atoms with Gasteiger partial charge in [-0.1, -0.05) is 24.3 Å². The molecule has 1 unspecified atom stereocenters. The monoisotopic (exact) mass is 296 g/mol. The Balaban J connectivity index is 2.85. The van der Waals surface area contributed by atoms with Crippen molar-refractivity contribution in [2.45, 2.75) is 26.3 Å². The molecule has 2 nitrogen and oxygen atoms in total. The van der Waals surface area contributed by atoms with Crippen molar-refractivity contribution in [2.24, 2.45) is 0 Å². The van der Waals surface area contributed by atoms with Crippen molar-refractivity contribution in [3.05, 3.63) is 47.5 Å². The number of benzene rings is 1. The van der Waals surface area contributed by atoms with Gasteiger partial charge in [-0.3, -0.25) is 0 Å². The molecule has 0 heterocycles. The number of rotatable bonds is 6. The summed E-state index contributed by atoms with van der Waals surface area (Å²) in [5.41, 5.74) is 3.84. The third kappa shape index (κ3) is 4.84. The maximum Gasteiger partial charge on any atom is 0.166 e. The molecule has 2 N–H and O–H groups in total. The number of hydrogen-bond acceptors (Lipinski definition) is 1. The summed E-state index contributed by atoms with van der Waals surface area (Å²) in [5.74, 6) is 0.539. The highest BCUT2D eigenvalue weighted by atomic mass is 35.5. The zero-order chi connectivity index (χ0) is 14.3. The second-order valence-electron chi connectivity index (χ2n) is 4.46. The summed E-state index contributed by atoms with van der Waals surface area (Å²) < 4.78 is 0. The molecule has 0 radical (unpaired) electrons. The predicted octanol–water partition coefficient (Wildman–Crippen LogP) is 3.62. The highest BCUT2D eigenvalue weighted by molar-refractivity contribution is 7.80. The van der Waals surface area contributed by atoms with Crippen LogP contribution in [0.5, 0.6) is 0 Å². The van der Waals surface area contributed by atoms with Gasteiger partial charge in [-0.05, 0) is 49.2 Å². The van der Waals surface area contributed by atoms with Gasteiger partial charge >= 0.3 is 0 Å². The van der Waals surface area contributed by atoms with Crippen LogP contribution in [0.25, 0.3) is 0 Å². The van der Waals surface area contributed by atoms with Crippen LogP contribution in [0, 0.1) is 13.8 Å². The molecule has 0 aromatic heterocycles. The van der Waals surface area contributed by atoms with Gasteiger partial charge in [0.05, 0.1) is 6.04 Å². The first-order valence-electron chi connectivity index (χ1n) is 6.37. The largest absolute Gasteiger partial charge is 0.362 e. The zero-order valence-electron chi connectivity index (χ0n) is 11.5. The van der Waals surface area contributed by atoms with Crippen molar-refractivity contribution in [3.63, 3.8) is 0 Å². The molecule has 4 heteroatoms. The average Bonchev–Trinajstić information content (AvgIpc) is 2.39. The Morgan fingerprint density at radius 2 is 2.21 bits per heavy atom. The van der Waals surface area contributed by atoms with Crippen molar-refractivity contribution < 1.29 is 0 Å². The fourth-order valence-corrected chi connectivity index (χ4v) is 2.29. The van der Waals surface area contributed by atoms with E-state index in [4.69, 9.17) is 23.8 Å². The topological polar surface area (TPSA) is 24.1 Å². The fraction of sp³-hybridized carbons (Fsp3) is 0.400. The Morgan fingerprint density at radius 3 is 2.84 bits per heavy atom. The predicted molar refractivity (Wildman–Crippen MR) is 87.9 cm³/mol. The van der Waals surface area contributed by atoms with Crippen molar-refractivity contribution in [1.29, 1.82) is 0 Å². The molecule has 1 aromatic rings. The van der Waals surface area contributed by atoms with Crippen LogP contribution in [0.3, 0.4) is 0 Å². The van der Waals surface area contributed by atoms with Crippen LogP contribution >= 0.6 is 23.8 Å².